The zero-order valence-corrected chi connectivity index (χ0v) is 14.0. The zero-order chi connectivity index (χ0) is 15.8. The minimum absolute atomic E-state index is 0.0522. The van der Waals surface area contributed by atoms with Crippen LogP contribution in [0.2, 0.25) is 0 Å². The third-order valence-electron chi connectivity index (χ3n) is 3.76. The van der Waals surface area contributed by atoms with Crippen LogP contribution in [-0.4, -0.2) is 5.97 Å². The average molecular weight is 288 g/mol. The van der Waals surface area contributed by atoms with E-state index in [-0.39, 0.29) is 11.9 Å². The van der Waals surface area contributed by atoms with Crippen molar-refractivity contribution >= 4 is 11.5 Å². The molecule has 0 bridgehead atoms. The van der Waals surface area contributed by atoms with Crippen LogP contribution in [0.15, 0.2) is 24.3 Å². The first-order valence-corrected chi connectivity index (χ1v) is 8.01. The molecule has 0 amide bonds. The van der Waals surface area contributed by atoms with Gasteiger partial charge in [-0.25, -0.2) is 0 Å². The number of allylic oxidation sites excluding steroid dienone is 2. The molecule has 0 spiro atoms. The summed E-state index contributed by atoms with van der Waals surface area (Å²) in [6.07, 6.45) is 6.06. The van der Waals surface area contributed by atoms with E-state index >= 15 is 0 Å². The van der Waals surface area contributed by atoms with Crippen molar-refractivity contribution in [3.05, 3.63) is 35.4 Å². The molecule has 1 unspecified atom stereocenters. The van der Waals surface area contributed by atoms with Crippen molar-refractivity contribution in [3.8, 4) is 5.75 Å². The number of hydrogen-bond acceptors (Lipinski definition) is 2. The van der Waals surface area contributed by atoms with E-state index in [4.69, 9.17) is 4.74 Å². The molecule has 0 aromatic heterocycles. The van der Waals surface area contributed by atoms with E-state index in [2.05, 4.69) is 32.9 Å². The van der Waals surface area contributed by atoms with Gasteiger partial charge in [0.2, 0.25) is 0 Å². The van der Waals surface area contributed by atoms with Gasteiger partial charge in [-0.15, -0.1) is 0 Å². The minimum Gasteiger partial charge on any atom is -0.426 e. The predicted octanol–water partition coefficient (Wildman–Crippen LogP) is 5.54. The van der Waals surface area contributed by atoms with Crippen LogP contribution in [0.1, 0.15) is 64.5 Å². The standard InChI is InChI=1S/C19H28O2/c1-6-10-15(5)19(20)21-17-13-9-12-14(4)18(17)16(8-3)11-7-2/h8-9,12-13,15H,6-7,10-11H2,1-5H3/b16-8-. The Balaban J connectivity index is 3.08. The fourth-order valence-corrected chi connectivity index (χ4v) is 2.58. The smallest absolute Gasteiger partial charge is 0.314 e. The van der Waals surface area contributed by atoms with Gasteiger partial charge in [-0.3, -0.25) is 4.79 Å². The van der Waals surface area contributed by atoms with Crippen LogP contribution in [0, 0.1) is 12.8 Å². The molecule has 0 fully saturated rings. The summed E-state index contributed by atoms with van der Waals surface area (Å²) in [5, 5.41) is 0. The van der Waals surface area contributed by atoms with Crippen LogP contribution in [0.5, 0.6) is 5.75 Å². The van der Waals surface area contributed by atoms with Crippen LogP contribution in [-0.2, 0) is 4.79 Å². The first-order valence-electron chi connectivity index (χ1n) is 8.01. The van der Waals surface area contributed by atoms with Gasteiger partial charge in [-0.05, 0) is 43.9 Å². The normalized spacial score (nSPS) is 13.1. The van der Waals surface area contributed by atoms with Gasteiger partial charge in [0.15, 0.2) is 0 Å². The highest BCUT2D eigenvalue weighted by molar-refractivity contribution is 5.79. The number of carbonyl (C=O) groups is 1. The number of carbonyl (C=O) groups excluding carboxylic acids is 1. The van der Waals surface area contributed by atoms with Crippen LogP contribution in [0.4, 0.5) is 0 Å². The first-order chi connectivity index (χ1) is 10.0. The Morgan fingerprint density at radius 1 is 1.29 bits per heavy atom. The lowest BCUT2D eigenvalue weighted by Crippen LogP contribution is -2.18. The molecule has 21 heavy (non-hydrogen) atoms. The third kappa shape index (κ3) is 4.73. The quantitative estimate of drug-likeness (QED) is 0.486. The van der Waals surface area contributed by atoms with Crippen molar-refractivity contribution in [3.63, 3.8) is 0 Å². The number of ether oxygens (including phenoxy) is 1. The molecule has 0 aliphatic heterocycles. The average Bonchev–Trinajstić information content (AvgIpc) is 2.46. The maximum absolute atomic E-state index is 12.2. The Morgan fingerprint density at radius 2 is 2.00 bits per heavy atom. The second-order valence-corrected chi connectivity index (χ2v) is 5.62. The van der Waals surface area contributed by atoms with Crippen molar-refractivity contribution in [2.45, 2.75) is 60.3 Å². The Kier molecular flexibility index (Phi) is 7.21. The van der Waals surface area contributed by atoms with Gasteiger partial charge in [0, 0.05) is 5.56 Å². The summed E-state index contributed by atoms with van der Waals surface area (Å²) in [6.45, 7) is 10.3. The van der Waals surface area contributed by atoms with E-state index < -0.39 is 0 Å². The van der Waals surface area contributed by atoms with Crippen LogP contribution in [0.25, 0.3) is 5.57 Å². The van der Waals surface area contributed by atoms with Crippen molar-refractivity contribution in [1.29, 1.82) is 0 Å². The Labute approximate surface area is 129 Å². The first kappa shape index (κ1) is 17.5. The maximum atomic E-state index is 12.2. The highest BCUT2D eigenvalue weighted by atomic mass is 16.5. The van der Waals surface area contributed by atoms with E-state index in [0.717, 1.165) is 36.8 Å². The Bertz CT molecular complexity index is 500. The molecular weight excluding hydrogens is 260 g/mol. The molecule has 1 aromatic rings. The molecule has 0 heterocycles. The van der Waals surface area contributed by atoms with Crippen LogP contribution < -0.4 is 4.74 Å². The molecule has 2 nitrogen and oxygen atoms in total. The van der Waals surface area contributed by atoms with Crippen molar-refractivity contribution < 1.29 is 9.53 Å². The van der Waals surface area contributed by atoms with E-state index in [0.29, 0.717) is 5.75 Å². The summed E-state index contributed by atoms with van der Waals surface area (Å²) in [5.74, 6) is 0.517. The lowest BCUT2D eigenvalue weighted by atomic mass is 9.96. The Morgan fingerprint density at radius 3 is 2.57 bits per heavy atom. The minimum atomic E-state index is -0.129. The van der Waals surface area contributed by atoms with Gasteiger partial charge in [0.1, 0.15) is 5.75 Å². The SMILES string of the molecule is C/C=C(/CCC)c1c(C)cccc1OC(=O)C(C)CCC. The second-order valence-electron chi connectivity index (χ2n) is 5.62. The van der Waals surface area contributed by atoms with E-state index in [1.54, 1.807) is 0 Å². The fraction of sp³-hybridized carbons (Fsp3) is 0.526. The van der Waals surface area contributed by atoms with Gasteiger partial charge >= 0.3 is 5.97 Å². The molecule has 0 aliphatic carbocycles. The van der Waals surface area contributed by atoms with E-state index in [9.17, 15) is 4.79 Å². The topological polar surface area (TPSA) is 26.3 Å². The van der Waals surface area contributed by atoms with Gasteiger partial charge in [0.25, 0.3) is 0 Å². The highest BCUT2D eigenvalue weighted by Crippen LogP contribution is 2.32. The highest BCUT2D eigenvalue weighted by Gasteiger charge is 2.18. The van der Waals surface area contributed by atoms with Crippen LogP contribution >= 0.6 is 0 Å². The third-order valence-corrected chi connectivity index (χ3v) is 3.76. The molecule has 1 atom stereocenters. The molecule has 0 N–H and O–H groups in total. The summed E-state index contributed by atoms with van der Waals surface area (Å²) in [5.41, 5.74) is 3.49. The molecule has 0 aliphatic rings. The maximum Gasteiger partial charge on any atom is 0.314 e. The molecule has 1 aromatic carbocycles. The molecule has 0 saturated carbocycles. The monoisotopic (exact) mass is 288 g/mol. The summed E-state index contributed by atoms with van der Waals surface area (Å²) in [6, 6.07) is 5.92. The molecule has 0 radical (unpaired) electrons. The summed E-state index contributed by atoms with van der Waals surface area (Å²) < 4.78 is 5.69. The van der Waals surface area contributed by atoms with Gasteiger partial charge < -0.3 is 4.74 Å². The van der Waals surface area contributed by atoms with Crippen molar-refractivity contribution in [1.82, 2.24) is 0 Å². The number of rotatable bonds is 7. The summed E-state index contributed by atoms with van der Waals surface area (Å²) >= 11 is 0. The molecule has 116 valence electrons. The lowest BCUT2D eigenvalue weighted by Gasteiger charge is -2.17. The lowest BCUT2D eigenvalue weighted by molar-refractivity contribution is -0.138. The predicted molar refractivity (Wildman–Crippen MR) is 89.4 cm³/mol. The number of esters is 1. The summed E-state index contributed by atoms with van der Waals surface area (Å²) in [7, 11) is 0. The van der Waals surface area contributed by atoms with E-state index in [1.165, 1.54) is 5.57 Å². The molecular formula is C19H28O2. The zero-order valence-electron chi connectivity index (χ0n) is 14.0. The summed E-state index contributed by atoms with van der Waals surface area (Å²) in [4.78, 5) is 12.2. The molecule has 0 saturated heterocycles. The molecule has 2 heteroatoms. The van der Waals surface area contributed by atoms with Gasteiger partial charge in [-0.1, -0.05) is 51.8 Å². The number of hydrogen-bond donors (Lipinski definition) is 0. The number of aryl methyl sites for hydroxylation is 1. The van der Waals surface area contributed by atoms with Crippen molar-refractivity contribution in [2.24, 2.45) is 5.92 Å². The van der Waals surface area contributed by atoms with Gasteiger partial charge in [-0.2, -0.15) is 0 Å². The Hall–Kier alpha value is -1.57. The molecule has 1 rings (SSSR count). The van der Waals surface area contributed by atoms with E-state index in [1.807, 2.05) is 26.0 Å². The second kappa shape index (κ2) is 8.66. The fourth-order valence-electron chi connectivity index (χ4n) is 2.58. The van der Waals surface area contributed by atoms with Crippen LogP contribution in [0.3, 0.4) is 0 Å². The van der Waals surface area contributed by atoms with Gasteiger partial charge in [0.05, 0.1) is 5.92 Å². The largest absolute Gasteiger partial charge is 0.426 e. The number of benzene rings is 1. The van der Waals surface area contributed by atoms with Crippen molar-refractivity contribution in [2.75, 3.05) is 0 Å².